The van der Waals surface area contributed by atoms with E-state index in [1.807, 2.05) is 0 Å². The van der Waals surface area contributed by atoms with Crippen LogP contribution in [0, 0.1) is 19.8 Å². The molecule has 2 aliphatic rings. The lowest BCUT2D eigenvalue weighted by Gasteiger charge is -2.41. The van der Waals surface area contributed by atoms with Crippen LogP contribution in [0.5, 0.6) is 0 Å². The van der Waals surface area contributed by atoms with Crippen LogP contribution in [0.4, 0.5) is 0 Å². The van der Waals surface area contributed by atoms with E-state index in [-0.39, 0.29) is 0 Å². The molecule has 36 heavy (non-hydrogen) atoms. The Kier molecular flexibility index (Phi) is 7.93. The minimum Gasteiger partial charge on any atom is -0.254 e. The number of hydrogen-bond donors (Lipinski definition) is 0. The highest BCUT2D eigenvalue weighted by Gasteiger charge is 2.44. The van der Waals surface area contributed by atoms with Crippen molar-refractivity contribution in [1.82, 2.24) is 4.44 Å². The van der Waals surface area contributed by atoms with E-state index < -0.39 is 16.1 Å². The van der Waals surface area contributed by atoms with E-state index in [1.165, 1.54) is 46.6 Å². The molecular weight excluding hydrogens is 472 g/mol. The van der Waals surface area contributed by atoms with Crippen molar-refractivity contribution in [2.45, 2.75) is 58.3 Å². The maximum absolute atomic E-state index is 2.86. The number of nitrogens with zero attached hydrogens (tertiary/aromatic N) is 1. The second kappa shape index (κ2) is 11.1. The lowest BCUT2D eigenvalue weighted by Crippen LogP contribution is -2.26. The molecule has 1 nitrogen and oxygen atoms in total. The number of allylic oxidation sites excluding steroid dienone is 4. The molecule has 0 aromatic heterocycles. The molecule has 0 spiro atoms. The molecule has 0 amide bonds. The van der Waals surface area contributed by atoms with Crippen molar-refractivity contribution in [3.05, 3.63) is 119 Å². The molecule has 3 aromatic rings. The summed E-state index contributed by atoms with van der Waals surface area (Å²) >= 11 is 0. The first kappa shape index (κ1) is 25.6. The van der Waals surface area contributed by atoms with Crippen molar-refractivity contribution < 1.29 is 0 Å². The van der Waals surface area contributed by atoms with Gasteiger partial charge in [0.15, 0.2) is 0 Å². The van der Waals surface area contributed by atoms with Gasteiger partial charge in [-0.15, -0.1) is 0 Å². The van der Waals surface area contributed by atoms with E-state index in [4.69, 9.17) is 0 Å². The first-order valence-corrected chi connectivity index (χ1v) is 16.0. The van der Waals surface area contributed by atoms with Crippen LogP contribution in [-0.2, 0) is 0 Å². The third-order valence-electron chi connectivity index (χ3n) is 7.55. The second-order valence-corrected chi connectivity index (χ2v) is 15.9. The molecule has 186 valence electrons. The summed E-state index contributed by atoms with van der Waals surface area (Å²) in [5, 5.41) is 2.91. The predicted octanol–water partition coefficient (Wildman–Crippen LogP) is 8.80. The Labute approximate surface area is 221 Å². The van der Waals surface area contributed by atoms with Gasteiger partial charge in [-0.3, -0.25) is 4.44 Å². The Morgan fingerprint density at radius 1 is 0.778 bits per heavy atom. The van der Waals surface area contributed by atoms with Crippen molar-refractivity contribution >= 4 is 26.8 Å². The van der Waals surface area contributed by atoms with Crippen molar-refractivity contribution in [2.75, 3.05) is 7.05 Å². The monoisotopic (exact) mass is 511 g/mol. The number of aryl methyl sites for hydroxylation is 2. The first-order valence-electron chi connectivity index (χ1n) is 13.3. The van der Waals surface area contributed by atoms with E-state index >= 15 is 0 Å². The molecule has 0 radical (unpaired) electrons. The maximum atomic E-state index is 2.86. The standard InChI is InChI=1S/C33H39NP2/c1-24-18-25(2)21-28(20-24)32-16-17-33(29-22-26(3)19-27(4)23-29)36(32)34(5)35(30-12-8-6-9-13-30)31-14-10-7-11-15-31/h6-15,18-22,27,32-33H,16-17,23H2,1-5H3/t27?,32-,33-,36?/m0/s1. The minimum atomic E-state index is -0.605. The molecule has 1 fully saturated rings. The van der Waals surface area contributed by atoms with Gasteiger partial charge < -0.3 is 0 Å². The molecule has 5 rings (SSSR count). The Bertz CT molecular complexity index is 1190. The van der Waals surface area contributed by atoms with Crippen molar-refractivity contribution in [1.29, 1.82) is 0 Å². The zero-order valence-electron chi connectivity index (χ0n) is 22.4. The van der Waals surface area contributed by atoms with E-state index in [0.717, 1.165) is 0 Å². The largest absolute Gasteiger partial charge is 0.254 e. The van der Waals surface area contributed by atoms with E-state index in [9.17, 15) is 0 Å². The van der Waals surface area contributed by atoms with Gasteiger partial charge in [-0.25, -0.2) is 0 Å². The lowest BCUT2D eigenvalue weighted by atomic mass is 9.89. The fourth-order valence-corrected chi connectivity index (χ4v) is 13.4. The van der Waals surface area contributed by atoms with Crippen LogP contribution >= 0.6 is 16.1 Å². The highest BCUT2D eigenvalue weighted by molar-refractivity contribution is 7.79. The van der Waals surface area contributed by atoms with E-state index in [2.05, 4.69) is 130 Å². The summed E-state index contributed by atoms with van der Waals surface area (Å²) in [6.07, 6.45) is 8.78. The van der Waals surface area contributed by atoms with Crippen molar-refractivity contribution in [2.24, 2.45) is 5.92 Å². The zero-order chi connectivity index (χ0) is 25.2. The van der Waals surface area contributed by atoms with Crippen molar-refractivity contribution in [3.8, 4) is 0 Å². The third-order valence-corrected chi connectivity index (χ3v) is 14.0. The second-order valence-electron chi connectivity index (χ2n) is 10.7. The van der Waals surface area contributed by atoms with Gasteiger partial charge in [0.25, 0.3) is 0 Å². The number of rotatable bonds is 6. The highest BCUT2D eigenvalue weighted by atomic mass is 31.2. The minimum absolute atomic E-state index is 0.415. The summed E-state index contributed by atoms with van der Waals surface area (Å²) in [7, 11) is 1.43. The summed E-state index contributed by atoms with van der Waals surface area (Å²) in [5.74, 6) is 0.636. The van der Waals surface area contributed by atoms with Gasteiger partial charge in [-0.2, -0.15) is 0 Å². The average molecular weight is 512 g/mol. The van der Waals surface area contributed by atoms with Gasteiger partial charge in [0.05, 0.1) is 0 Å². The van der Waals surface area contributed by atoms with E-state index in [0.29, 0.717) is 17.2 Å². The fraction of sp³-hybridized carbons (Fsp3) is 0.333. The molecule has 3 aromatic carbocycles. The molecule has 0 saturated carbocycles. The Morgan fingerprint density at radius 2 is 1.33 bits per heavy atom. The number of benzene rings is 3. The molecule has 1 aliphatic heterocycles. The number of hydrogen-bond acceptors (Lipinski definition) is 1. The third kappa shape index (κ3) is 5.45. The molecule has 2 unspecified atom stereocenters. The van der Waals surface area contributed by atoms with Crippen LogP contribution in [0.3, 0.4) is 0 Å². The SMILES string of the molecule is CC1=CC(C)CC([C@@H]2CC[C@@H](c3cc(C)cc(C)c3)P2N(C)P(c2ccccc2)c2ccccc2)=C1. The molecule has 3 heteroatoms. The van der Waals surface area contributed by atoms with Crippen LogP contribution in [0.25, 0.3) is 0 Å². The van der Waals surface area contributed by atoms with Gasteiger partial charge in [0.2, 0.25) is 0 Å². The van der Waals surface area contributed by atoms with Crippen LogP contribution in [0.2, 0.25) is 0 Å². The van der Waals surface area contributed by atoms with Crippen LogP contribution in [0.1, 0.15) is 55.5 Å². The van der Waals surface area contributed by atoms with Crippen LogP contribution in [-0.4, -0.2) is 17.1 Å². The molecule has 1 saturated heterocycles. The predicted molar refractivity (Wildman–Crippen MR) is 161 cm³/mol. The summed E-state index contributed by atoms with van der Waals surface area (Å²) in [6, 6.07) is 29.8. The molecule has 1 heterocycles. The smallest absolute Gasteiger partial charge is 0.0315 e. The van der Waals surface area contributed by atoms with Crippen LogP contribution < -0.4 is 10.6 Å². The topological polar surface area (TPSA) is 3.24 Å². The normalized spacial score (nSPS) is 24.2. The van der Waals surface area contributed by atoms with Gasteiger partial charge in [0, 0.05) is 19.4 Å². The summed E-state index contributed by atoms with van der Waals surface area (Å²) in [4.78, 5) is 0. The molecular formula is C33H39NP2. The quantitative estimate of drug-likeness (QED) is 0.299. The Hall–Kier alpha value is -2.04. The lowest BCUT2D eigenvalue weighted by molar-refractivity contribution is 0.661. The first-order chi connectivity index (χ1) is 17.4. The summed E-state index contributed by atoms with van der Waals surface area (Å²) < 4.78 is 2.86. The van der Waals surface area contributed by atoms with Gasteiger partial charge in [0.1, 0.15) is 0 Å². The highest BCUT2D eigenvalue weighted by Crippen LogP contribution is 2.72. The van der Waals surface area contributed by atoms with Crippen LogP contribution in [0.15, 0.2) is 102 Å². The molecule has 1 aliphatic carbocycles. The summed E-state index contributed by atoms with van der Waals surface area (Å²) in [6.45, 7) is 9.20. The molecule has 0 bridgehead atoms. The average Bonchev–Trinajstić information content (AvgIpc) is 3.30. The molecule has 4 atom stereocenters. The Morgan fingerprint density at radius 3 is 1.89 bits per heavy atom. The summed E-state index contributed by atoms with van der Waals surface area (Å²) in [5.41, 5.74) is 8.74. The Balaban J connectivity index is 1.62. The molecule has 0 N–H and O–H groups in total. The van der Waals surface area contributed by atoms with Gasteiger partial charge >= 0.3 is 0 Å². The maximum Gasteiger partial charge on any atom is 0.0315 e. The van der Waals surface area contributed by atoms with Gasteiger partial charge in [-0.1, -0.05) is 120 Å². The van der Waals surface area contributed by atoms with Gasteiger partial charge in [-0.05, 0) is 77.2 Å². The van der Waals surface area contributed by atoms with E-state index in [1.54, 1.807) is 11.1 Å². The fourth-order valence-electron chi connectivity index (χ4n) is 6.31. The van der Waals surface area contributed by atoms with Crippen molar-refractivity contribution in [3.63, 3.8) is 0 Å². The zero-order valence-corrected chi connectivity index (χ0v) is 24.1.